The van der Waals surface area contributed by atoms with Crippen molar-refractivity contribution in [2.24, 2.45) is 0 Å². The number of rotatable bonds is 1. The van der Waals surface area contributed by atoms with Crippen LogP contribution in [0.2, 0.25) is 0 Å². The number of thiophene rings is 1. The van der Waals surface area contributed by atoms with Crippen molar-refractivity contribution in [3.63, 3.8) is 0 Å². The lowest BCUT2D eigenvalue weighted by molar-refractivity contribution is 0.389. The average molecular weight is 218 g/mol. The van der Waals surface area contributed by atoms with Crippen LogP contribution in [0, 0.1) is 0 Å². The molecule has 0 bridgehead atoms. The Labute approximate surface area is 72.6 Å². The molecule has 1 N–H and O–H groups in total. The van der Waals surface area contributed by atoms with Gasteiger partial charge in [-0.05, 0) is 41.0 Å². The summed E-state index contributed by atoms with van der Waals surface area (Å²) in [5, 5.41) is 3.36. The Morgan fingerprint density at radius 3 is 2.80 bits per heavy atom. The van der Waals surface area contributed by atoms with Gasteiger partial charge < -0.3 is 5.32 Å². The smallest absolute Gasteiger partial charge is 0.0701 e. The molecule has 0 aliphatic carbocycles. The van der Waals surface area contributed by atoms with Crippen LogP contribution in [0.4, 0.5) is 0 Å². The third kappa shape index (κ3) is 1.13. The molecular formula is C7H8BrNS. The molecule has 1 saturated heterocycles. The van der Waals surface area contributed by atoms with Gasteiger partial charge in [-0.25, -0.2) is 0 Å². The first-order valence-electron chi connectivity index (χ1n) is 3.35. The van der Waals surface area contributed by atoms with Gasteiger partial charge in [0.05, 0.1) is 3.79 Å². The van der Waals surface area contributed by atoms with E-state index in [2.05, 4.69) is 33.4 Å². The molecule has 1 aromatic rings. The molecule has 0 aromatic carbocycles. The monoisotopic (exact) mass is 217 g/mol. The van der Waals surface area contributed by atoms with E-state index in [1.54, 1.807) is 0 Å². The second kappa shape index (κ2) is 2.64. The van der Waals surface area contributed by atoms with Crippen LogP contribution >= 0.6 is 27.3 Å². The highest BCUT2D eigenvalue weighted by molar-refractivity contribution is 9.11. The number of hydrogen-bond donors (Lipinski definition) is 1. The second-order valence-corrected chi connectivity index (χ2v) is 4.93. The highest BCUT2D eigenvalue weighted by Gasteiger charge is 2.19. The van der Waals surface area contributed by atoms with Gasteiger partial charge in [0, 0.05) is 10.9 Å². The topological polar surface area (TPSA) is 12.0 Å². The van der Waals surface area contributed by atoms with Crippen molar-refractivity contribution in [3.8, 4) is 0 Å². The maximum Gasteiger partial charge on any atom is 0.0701 e. The SMILES string of the molecule is Brc1ccc([C@@H]2CCN2)s1. The molecule has 0 amide bonds. The summed E-state index contributed by atoms with van der Waals surface area (Å²) in [5.41, 5.74) is 0. The normalized spacial score (nSPS) is 24.3. The van der Waals surface area contributed by atoms with Crippen LogP contribution in [0.3, 0.4) is 0 Å². The quantitative estimate of drug-likeness (QED) is 0.763. The van der Waals surface area contributed by atoms with E-state index >= 15 is 0 Å². The van der Waals surface area contributed by atoms with Crippen LogP contribution in [0.5, 0.6) is 0 Å². The van der Waals surface area contributed by atoms with Crippen LogP contribution in [0.25, 0.3) is 0 Å². The minimum absolute atomic E-state index is 0.649. The Kier molecular flexibility index (Phi) is 1.80. The van der Waals surface area contributed by atoms with Gasteiger partial charge in [0.25, 0.3) is 0 Å². The first-order chi connectivity index (χ1) is 4.86. The van der Waals surface area contributed by atoms with Crippen LogP contribution in [0.1, 0.15) is 17.3 Å². The zero-order valence-electron chi connectivity index (χ0n) is 5.43. The molecule has 1 atom stereocenters. The molecule has 2 heterocycles. The van der Waals surface area contributed by atoms with Crippen LogP contribution < -0.4 is 5.32 Å². The van der Waals surface area contributed by atoms with Gasteiger partial charge in [-0.3, -0.25) is 0 Å². The maximum atomic E-state index is 3.44. The molecule has 1 aliphatic heterocycles. The Hall–Kier alpha value is 0.140. The van der Waals surface area contributed by atoms with Gasteiger partial charge in [-0.15, -0.1) is 11.3 Å². The van der Waals surface area contributed by atoms with Gasteiger partial charge >= 0.3 is 0 Å². The van der Waals surface area contributed by atoms with Gasteiger partial charge in [-0.2, -0.15) is 0 Å². The number of nitrogens with one attached hydrogen (secondary N) is 1. The Morgan fingerprint density at radius 1 is 1.60 bits per heavy atom. The lowest BCUT2D eigenvalue weighted by Gasteiger charge is -2.26. The summed E-state index contributed by atoms with van der Waals surface area (Å²) in [6.07, 6.45) is 1.30. The van der Waals surface area contributed by atoms with Crippen molar-refractivity contribution in [2.75, 3.05) is 6.54 Å². The second-order valence-electron chi connectivity index (χ2n) is 2.44. The van der Waals surface area contributed by atoms with E-state index in [4.69, 9.17) is 0 Å². The van der Waals surface area contributed by atoms with E-state index in [1.165, 1.54) is 21.6 Å². The molecule has 1 fully saturated rings. The first-order valence-corrected chi connectivity index (χ1v) is 4.96. The zero-order valence-corrected chi connectivity index (χ0v) is 7.83. The van der Waals surface area contributed by atoms with E-state index in [9.17, 15) is 0 Å². The lowest BCUT2D eigenvalue weighted by atomic mass is 10.1. The third-order valence-electron chi connectivity index (χ3n) is 1.76. The van der Waals surface area contributed by atoms with Crippen molar-refractivity contribution in [1.82, 2.24) is 5.32 Å². The van der Waals surface area contributed by atoms with Crippen molar-refractivity contribution < 1.29 is 0 Å². The minimum Gasteiger partial charge on any atom is -0.309 e. The predicted molar refractivity (Wildman–Crippen MR) is 47.4 cm³/mol. The highest BCUT2D eigenvalue weighted by atomic mass is 79.9. The van der Waals surface area contributed by atoms with Crippen LogP contribution in [-0.2, 0) is 0 Å². The molecule has 2 rings (SSSR count). The Bertz CT molecular complexity index is 229. The van der Waals surface area contributed by atoms with Crippen molar-refractivity contribution in [1.29, 1.82) is 0 Å². The molecule has 1 aromatic heterocycles. The van der Waals surface area contributed by atoms with Crippen LogP contribution in [0.15, 0.2) is 15.9 Å². The molecule has 0 unspecified atom stereocenters. The highest BCUT2D eigenvalue weighted by Crippen LogP contribution is 2.31. The van der Waals surface area contributed by atoms with E-state index in [0.29, 0.717) is 6.04 Å². The number of halogens is 1. The molecule has 10 heavy (non-hydrogen) atoms. The largest absolute Gasteiger partial charge is 0.309 e. The first kappa shape index (κ1) is 6.83. The third-order valence-corrected chi connectivity index (χ3v) is 3.50. The Balaban J connectivity index is 2.17. The summed E-state index contributed by atoms with van der Waals surface area (Å²) in [4.78, 5) is 1.46. The summed E-state index contributed by atoms with van der Waals surface area (Å²) in [6, 6.07) is 4.95. The van der Waals surface area contributed by atoms with Gasteiger partial charge in [0.2, 0.25) is 0 Å². The molecule has 0 spiro atoms. The van der Waals surface area contributed by atoms with Crippen LogP contribution in [-0.4, -0.2) is 6.54 Å². The molecule has 1 aliphatic rings. The van der Waals surface area contributed by atoms with E-state index in [1.807, 2.05) is 11.3 Å². The fraction of sp³-hybridized carbons (Fsp3) is 0.429. The minimum atomic E-state index is 0.649. The van der Waals surface area contributed by atoms with Crippen molar-refractivity contribution >= 4 is 27.3 Å². The van der Waals surface area contributed by atoms with Crippen molar-refractivity contribution in [2.45, 2.75) is 12.5 Å². The molecule has 0 radical (unpaired) electrons. The Morgan fingerprint density at radius 2 is 2.40 bits per heavy atom. The summed E-state index contributed by atoms with van der Waals surface area (Å²) in [7, 11) is 0. The van der Waals surface area contributed by atoms with Crippen molar-refractivity contribution in [3.05, 3.63) is 20.8 Å². The fourth-order valence-electron chi connectivity index (χ4n) is 1.05. The standard InChI is InChI=1S/C7H8BrNS/c8-7-2-1-6(10-7)5-3-4-9-5/h1-2,5,9H,3-4H2/t5-/m0/s1. The summed E-state index contributed by atoms with van der Waals surface area (Å²) >= 11 is 5.27. The molecule has 54 valence electrons. The summed E-state index contributed by atoms with van der Waals surface area (Å²) < 4.78 is 1.23. The van der Waals surface area contributed by atoms with Gasteiger partial charge in [0.1, 0.15) is 0 Å². The molecule has 3 heteroatoms. The maximum absolute atomic E-state index is 3.44. The van der Waals surface area contributed by atoms with Gasteiger partial charge in [-0.1, -0.05) is 0 Å². The van der Waals surface area contributed by atoms with Gasteiger partial charge in [0.15, 0.2) is 0 Å². The van der Waals surface area contributed by atoms with E-state index < -0.39 is 0 Å². The van der Waals surface area contributed by atoms with E-state index in [-0.39, 0.29) is 0 Å². The average Bonchev–Trinajstić information content (AvgIpc) is 2.10. The lowest BCUT2D eigenvalue weighted by Crippen LogP contribution is -2.34. The molecule has 0 saturated carbocycles. The fourth-order valence-corrected chi connectivity index (χ4v) is 2.58. The predicted octanol–water partition coefficient (Wildman–Crippen LogP) is 2.54. The summed E-state index contributed by atoms with van der Waals surface area (Å²) in [6.45, 7) is 1.18. The van der Waals surface area contributed by atoms with E-state index in [0.717, 1.165) is 0 Å². The zero-order chi connectivity index (χ0) is 6.97. The molecular weight excluding hydrogens is 210 g/mol. The molecule has 1 nitrogen and oxygen atoms in total. The number of hydrogen-bond acceptors (Lipinski definition) is 2. The summed E-state index contributed by atoms with van der Waals surface area (Å²) in [5.74, 6) is 0.